The van der Waals surface area contributed by atoms with E-state index < -0.39 is 16.1 Å². The molecular formula is C24H31N3O4S. The van der Waals surface area contributed by atoms with Gasteiger partial charge in [-0.2, -0.15) is 0 Å². The summed E-state index contributed by atoms with van der Waals surface area (Å²) >= 11 is 0. The van der Waals surface area contributed by atoms with Crippen molar-refractivity contribution in [2.75, 3.05) is 7.05 Å². The summed E-state index contributed by atoms with van der Waals surface area (Å²) in [6.45, 7) is 4.74. The van der Waals surface area contributed by atoms with Crippen LogP contribution in [0.1, 0.15) is 42.5 Å². The number of hydrogen-bond acceptors (Lipinski definition) is 4. The van der Waals surface area contributed by atoms with Crippen molar-refractivity contribution in [1.82, 2.24) is 14.9 Å². The summed E-state index contributed by atoms with van der Waals surface area (Å²) in [5, 5.41) is 2.95. The summed E-state index contributed by atoms with van der Waals surface area (Å²) in [6.07, 6.45) is 0.898. The number of amides is 2. The Hall–Kier alpha value is -2.71. The second-order valence-electron chi connectivity index (χ2n) is 8.61. The minimum atomic E-state index is -3.33. The summed E-state index contributed by atoms with van der Waals surface area (Å²) < 4.78 is 25.7. The summed E-state index contributed by atoms with van der Waals surface area (Å²) in [5.41, 5.74) is 3.71. The topological polar surface area (TPSA) is 95.6 Å². The van der Waals surface area contributed by atoms with E-state index in [2.05, 4.69) is 10.0 Å². The fraction of sp³-hybridized carbons (Fsp3) is 0.417. The van der Waals surface area contributed by atoms with Crippen LogP contribution in [0.25, 0.3) is 0 Å². The zero-order chi connectivity index (χ0) is 23.3. The number of nitrogens with zero attached hydrogens (tertiary/aromatic N) is 1. The van der Waals surface area contributed by atoms with Crippen LogP contribution < -0.4 is 10.0 Å². The molecule has 7 nitrogen and oxygen atoms in total. The SMILES string of the molecule is CNS(=O)(=O)Cc1ccc(CNC(=O)C2Cc3ccccc3CN2C(=O)CC(C)C)cc1. The Bertz CT molecular complexity index is 1060. The first-order valence-corrected chi connectivity index (χ1v) is 12.5. The maximum Gasteiger partial charge on any atom is 0.243 e. The van der Waals surface area contributed by atoms with Crippen LogP contribution in [0.15, 0.2) is 48.5 Å². The van der Waals surface area contributed by atoms with Crippen LogP contribution in [0.4, 0.5) is 0 Å². The zero-order valence-electron chi connectivity index (χ0n) is 18.8. The lowest BCUT2D eigenvalue weighted by Gasteiger charge is -2.36. The highest BCUT2D eigenvalue weighted by Crippen LogP contribution is 2.25. The van der Waals surface area contributed by atoms with Crippen molar-refractivity contribution < 1.29 is 18.0 Å². The summed E-state index contributed by atoms with van der Waals surface area (Å²) in [4.78, 5) is 27.7. The van der Waals surface area contributed by atoms with Crippen molar-refractivity contribution in [3.63, 3.8) is 0 Å². The number of nitrogens with one attached hydrogen (secondary N) is 2. The number of benzene rings is 2. The number of carbonyl (C=O) groups is 2. The third kappa shape index (κ3) is 6.17. The van der Waals surface area contributed by atoms with Crippen molar-refractivity contribution in [1.29, 1.82) is 0 Å². The van der Waals surface area contributed by atoms with Crippen LogP contribution in [0.3, 0.4) is 0 Å². The molecule has 0 bridgehead atoms. The maximum atomic E-state index is 13.1. The third-order valence-corrected chi connectivity index (χ3v) is 6.95. The third-order valence-electron chi connectivity index (χ3n) is 5.61. The molecule has 2 N–H and O–H groups in total. The molecule has 3 rings (SSSR count). The summed E-state index contributed by atoms with van der Waals surface area (Å²) in [6, 6.07) is 14.5. The van der Waals surface area contributed by atoms with Crippen LogP contribution in [0, 0.1) is 5.92 Å². The van der Waals surface area contributed by atoms with Gasteiger partial charge in [0.25, 0.3) is 0 Å². The van der Waals surface area contributed by atoms with Crippen LogP contribution in [0.2, 0.25) is 0 Å². The molecule has 0 spiro atoms. The van der Waals surface area contributed by atoms with E-state index in [0.717, 1.165) is 16.7 Å². The smallest absolute Gasteiger partial charge is 0.243 e. The molecule has 32 heavy (non-hydrogen) atoms. The van der Waals surface area contributed by atoms with Gasteiger partial charge in [-0.3, -0.25) is 9.59 Å². The molecule has 1 atom stereocenters. The monoisotopic (exact) mass is 457 g/mol. The van der Waals surface area contributed by atoms with Crippen LogP contribution in [-0.4, -0.2) is 38.2 Å². The van der Waals surface area contributed by atoms with Gasteiger partial charge in [-0.05, 0) is 35.2 Å². The second-order valence-corrected chi connectivity index (χ2v) is 10.5. The lowest BCUT2D eigenvalue weighted by molar-refractivity contribution is -0.142. The second kappa shape index (κ2) is 10.3. The Morgan fingerprint density at radius 1 is 1.03 bits per heavy atom. The molecule has 0 aromatic heterocycles. The highest BCUT2D eigenvalue weighted by Gasteiger charge is 2.34. The lowest BCUT2D eigenvalue weighted by Crippen LogP contribution is -2.52. The molecule has 1 aliphatic heterocycles. The number of carbonyl (C=O) groups excluding carboxylic acids is 2. The standard InChI is InChI=1S/C24H31N3O4S/c1-17(2)12-23(28)27-15-21-7-5-4-6-20(21)13-22(27)24(29)26-14-18-8-10-19(11-9-18)16-32(30,31)25-3/h4-11,17,22,25H,12-16H2,1-3H3,(H,26,29). The summed E-state index contributed by atoms with van der Waals surface area (Å²) in [5.74, 6) is -0.0679. The van der Waals surface area contributed by atoms with Gasteiger partial charge in [0.05, 0.1) is 5.75 Å². The Kier molecular flexibility index (Phi) is 7.69. The molecule has 1 unspecified atom stereocenters. The molecule has 1 aliphatic rings. The van der Waals surface area contributed by atoms with Crippen molar-refractivity contribution in [2.24, 2.45) is 5.92 Å². The molecule has 172 valence electrons. The molecule has 2 aromatic rings. The highest BCUT2D eigenvalue weighted by atomic mass is 32.2. The van der Waals surface area contributed by atoms with E-state index in [0.29, 0.717) is 31.5 Å². The van der Waals surface area contributed by atoms with Gasteiger partial charge in [0, 0.05) is 25.9 Å². The van der Waals surface area contributed by atoms with E-state index in [4.69, 9.17) is 0 Å². The molecule has 0 saturated heterocycles. The van der Waals surface area contributed by atoms with Gasteiger partial charge in [0.15, 0.2) is 0 Å². The van der Waals surface area contributed by atoms with E-state index >= 15 is 0 Å². The largest absolute Gasteiger partial charge is 0.350 e. The summed E-state index contributed by atoms with van der Waals surface area (Å²) in [7, 11) is -1.94. The molecule has 1 heterocycles. The molecular weight excluding hydrogens is 426 g/mol. The van der Waals surface area contributed by atoms with Crippen molar-refractivity contribution in [3.05, 3.63) is 70.8 Å². The Morgan fingerprint density at radius 2 is 1.66 bits per heavy atom. The first kappa shape index (κ1) is 23.9. The molecule has 2 aromatic carbocycles. The van der Waals surface area contributed by atoms with Gasteiger partial charge in [-0.25, -0.2) is 13.1 Å². The van der Waals surface area contributed by atoms with Gasteiger partial charge in [0.2, 0.25) is 21.8 Å². The van der Waals surface area contributed by atoms with Crippen LogP contribution in [-0.2, 0) is 44.9 Å². The Morgan fingerprint density at radius 3 is 2.28 bits per heavy atom. The molecule has 2 amide bonds. The van der Waals surface area contributed by atoms with Crippen molar-refractivity contribution in [2.45, 2.75) is 51.6 Å². The van der Waals surface area contributed by atoms with Gasteiger partial charge in [-0.15, -0.1) is 0 Å². The average molecular weight is 458 g/mol. The predicted molar refractivity (Wildman–Crippen MR) is 124 cm³/mol. The van der Waals surface area contributed by atoms with E-state index in [1.54, 1.807) is 29.2 Å². The normalized spacial score (nSPS) is 16.0. The van der Waals surface area contributed by atoms with Crippen LogP contribution >= 0.6 is 0 Å². The Labute approximate surface area is 190 Å². The predicted octanol–water partition coefficient (Wildman–Crippen LogP) is 2.35. The first-order chi connectivity index (χ1) is 15.2. The molecule has 8 heteroatoms. The maximum absolute atomic E-state index is 13.1. The molecule has 0 aliphatic carbocycles. The molecule has 0 radical (unpaired) electrons. The van der Waals surface area contributed by atoms with Gasteiger partial charge in [0.1, 0.15) is 6.04 Å². The molecule has 0 fully saturated rings. The average Bonchev–Trinajstić information content (AvgIpc) is 2.76. The first-order valence-electron chi connectivity index (χ1n) is 10.8. The van der Waals surface area contributed by atoms with E-state index in [1.165, 1.54) is 7.05 Å². The van der Waals surface area contributed by atoms with E-state index in [-0.39, 0.29) is 23.5 Å². The fourth-order valence-corrected chi connectivity index (χ4v) is 4.61. The van der Waals surface area contributed by atoms with Crippen molar-refractivity contribution in [3.8, 4) is 0 Å². The number of hydrogen-bond donors (Lipinski definition) is 2. The number of rotatable bonds is 8. The minimum Gasteiger partial charge on any atom is -0.350 e. The lowest BCUT2D eigenvalue weighted by atomic mass is 9.92. The van der Waals surface area contributed by atoms with Crippen LogP contribution in [0.5, 0.6) is 0 Å². The van der Waals surface area contributed by atoms with Crippen molar-refractivity contribution >= 4 is 21.8 Å². The Balaban J connectivity index is 1.68. The zero-order valence-corrected chi connectivity index (χ0v) is 19.6. The number of fused-ring (bicyclic) bond motifs is 1. The fourth-order valence-electron chi connectivity index (χ4n) is 3.84. The minimum absolute atomic E-state index is 0.00949. The van der Waals surface area contributed by atoms with Gasteiger partial charge < -0.3 is 10.2 Å². The van der Waals surface area contributed by atoms with E-state index in [1.807, 2.05) is 38.1 Å². The van der Waals surface area contributed by atoms with Gasteiger partial charge >= 0.3 is 0 Å². The van der Waals surface area contributed by atoms with E-state index in [9.17, 15) is 18.0 Å². The molecule has 0 saturated carbocycles. The quantitative estimate of drug-likeness (QED) is 0.636. The van der Waals surface area contributed by atoms with Gasteiger partial charge in [-0.1, -0.05) is 62.4 Å². The highest BCUT2D eigenvalue weighted by molar-refractivity contribution is 7.88. The number of sulfonamides is 1.